The quantitative estimate of drug-likeness (QED) is 0.517. The first-order valence-electron chi connectivity index (χ1n) is 2.19. The lowest BCUT2D eigenvalue weighted by Gasteiger charge is -1.86. The largest absolute Gasteiger partial charge is 0.503 e. The van der Waals surface area contributed by atoms with E-state index in [1.165, 1.54) is 0 Å². The van der Waals surface area contributed by atoms with Crippen molar-refractivity contribution in [2.75, 3.05) is 0 Å². The van der Waals surface area contributed by atoms with Gasteiger partial charge in [0.2, 0.25) is 0 Å². The Morgan fingerprint density at radius 1 is 1.78 bits per heavy atom. The zero-order valence-electron chi connectivity index (χ0n) is 4.31. The predicted molar refractivity (Wildman–Crippen MR) is 27.5 cm³/mol. The third-order valence-corrected chi connectivity index (χ3v) is 0.783. The minimum atomic E-state index is -0.785. The van der Waals surface area contributed by atoms with E-state index in [9.17, 15) is 9.18 Å². The van der Waals surface area contributed by atoms with E-state index >= 15 is 0 Å². The van der Waals surface area contributed by atoms with E-state index in [1.807, 2.05) is 4.98 Å². The third kappa shape index (κ3) is 1.07. The van der Waals surface area contributed by atoms with E-state index in [4.69, 9.17) is 5.11 Å². The van der Waals surface area contributed by atoms with Crippen molar-refractivity contribution < 1.29 is 9.50 Å². The van der Waals surface area contributed by atoms with Crippen molar-refractivity contribution in [1.29, 1.82) is 0 Å². The van der Waals surface area contributed by atoms with E-state index in [-0.39, 0.29) is 0 Å². The van der Waals surface area contributed by atoms with Gasteiger partial charge in [0.05, 0.1) is 6.07 Å². The van der Waals surface area contributed by atoms with Crippen LogP contribution in [0.5, 0.6) is 5.75 Å². The molecule has 0 bridgehead atoms. The van der Waals surface area contributed by atoms with E-state index in [1.54, 1.807) is 6.07 Å². The molecular weight excluding hydrogens is 125 g/mol. The monoisotopic (exact) mass is 128 g/mol. The summed E-state index contributed by atoms with van der Waals surface area (Å²) in [6.45, 7) is 0. The highest BCUT2D eigenvalue weighted by Crippen LogP contribution is 1.98. The molecule has 0 aliphatic rings. The van der Waals surface area contributed by atoms with Crippen LogP contribution in [0.3, 0.4) is 0 Å². The van der Waals surface area contributed by atoms with Gasteiger partial charge in [-0.1, -0.05) is 0 Å². The highest BCUT2D eigenvalue weighted by molar-refractivity contribution is 5.12. The fourth-order valence-electron chi connectivity index (χ4n) is 0.403. The molecule has 0 aliphatic carbocycles. The van der Waals surface area contributed by atoms with Gasteiger partial charge in [0.1, 0.15) is 0 Å². The van der Waals surface area contributed by atoms with E-state index in [0.717, 1.165) is 6.20 Å². The van der Waals surface area contributed by atoms with Crippen LogP contribution in [0, 0.1) is 11.9 Å². The Balaban J connectivity index is 3.34. The number of hydrogen-bond donors (Lipinski definition) is 2. The zero-order valence-corrected chi connectivity index (χ0v) is 4.31. The van der Waals surface area contributed by atoms with Crippen LogP contribution in [0.15, 0.2) is 11.0 Å². The average Bonchev–Trinajstić information content (AvgIpc) is 1.80. The first-order chi connectivity index (χ1) is 4.20. The summed E-state index contributed by atoms with van der Waals surface area (Å²) < 4.78 is 12.0. The van der Waals surface area contributed by atoms with Crippen LogP contribution in [-0.2, 0) is 0 Å². The van der Waals surface area contributed by atoms with Crippen LogP contribution in [-0.4, -0.2) is 10.1 Å². The molecule has 1 aromatic heterocycles. The van der Waals surface area contributed by atoms with Crippen molar-refractivity contribution in [3.8, 4) is 5.75 Å². The summed E-state index contributed by atoms with van der Waals surface area (Å²) in [5.74, 6) is -1.51. The molecule has 9 heavy (non-hydrogen) atoms. The Morgan fingerprint density at radius 3 is 2.89 bits per heavy atom. The molecule has 0 fully saturated rings. The molecule has 1 heterocycles. The Hall–Kier alpha value is -1.32. The topological polar surface area (TPSA) is 53.1 Å². The highest BCUT2D eigenvalue weighted by atomic mass is 19.1. The Bertz CT molecular complexity index is 268. The maximum atomic E-state index is 12.0. The van der Waals surface area contributed by atoms with Gasteiger partial charge in [0.15, 0.2) is 11.6 Å². The Kier molecular flexibility index (Phi) is 1.22. The number of halogens is 1. The molecule has 0 aromatic carbocycles. The number of rotatable bonds is 0. The van der Waals surface area contributed by atoms with Gasteiger partial charge in [-0.3, -0.25) is 4.79 Å². The molecule has 1 aromatic rings. The summed E-state index contributed by atoms with van der Waals surface area (Å²) >= 11 is 0. The van der Waals surface area contributed by atoms with Crippen LogP contribution in [0.1, 0.15) is 0 Å². The van der Waals surface area contributed by atoms with Crippen molar-refractivity contribution in [3.05, 3.63) is 28.4 Å². The number of nitrogens with one attached hydrogen (secondary N) is 1. The van der Waals surface area contributed by atoms with Crippen molar-refractivity contribution in [3.63, 3.8) is 0 Å². The molecular formula is C5H3FNO2. The molecule has 0 spiro atoms. The second-order valence-corrected chi connectivity index (χ2v) is 1.44. The number of aromatic hydroxyl groups is 1. The average molecular weight is 128 g/mol. The molecule has 2 N–H and O–H groups in total. The molecule has 0 atom stereocenters. The van der Waals surface area contributed by atoms with Crippen LogP contribution < -0.4 is 5.56 Å². The van der Waals surface area contributed by atoms with Gasteiger partial charge in [-0.25, -0.2) is 4.39 Å². The molecule has 3 nitrogen and oxygen atoms in total. The summed E-state index contributed by atoms with van der Waals surface area (Å²) in [6.07, 6.45) is 0.821. The fraction of sp³-hybridized carbons (Fsp3) is 0. The highest BCUT2D eigenvalue weighted by Gasteiger charge is 1.96. The number of aromatic nitrogens is 1. The molecule has 47 valence electrons. The lowest BCUT2D eigenvalue weighted by Crippen LogP contribution is -2.03. The molecule has 0 saturated heterocycles. The molecule has 0 aliphatic heterocycles. The van der Waals surface area contributed by atoms with E-state index in [2.05, 4.69) is 0 Å². The van der Waals surface area contributed by atoms with Crippen molar-refractivity contribution in [1.82, 2.24) is 4.98 Å². The summed E-state index contributed by atoms with van der Waals surface area (Å²) in [7, 11) is 0. The third-order valence-electron chi connectivity index (χ3n) is 0.783. The van der Waals surface area contributed by atoms with Gasteiger partial charge in [0, 0.05) is 6.20 Å². The van der Waals surface area contributed by atoms with Gasteiger partial charge in [0.25, 0.3) is 5.56 Å². The van der Waals surface area contributed by atoms with Gasteiger partial charge in [-0.05, 0) is 0 Å². The van der Waals surface area contributed by atoms with Crippen LogP contribution in [0.2, 0.25) is 0 Å². The molecule has 0 amide bonds. The smallest absolute Gasteiger partial charge is 0.290 e. The standard InChI is InChI=1S/C5H3FNO2/c6-3-1-4(8)5(9)7-2-3/h2,8H,(H,7,9). The number of pyridine rings is 1. The number of H-pyrrole nitrogens is 1. The molecule has 0 saturated carbocycles. The molecule has 1 radical (unpaired) electrons. The lowest BCUT2D eigenvalue weighted by molar-refractivity contribution is 0.457. The van der Waals surface area contributed by atoms with E-state index in [0.29, 0.717) is 0 Å². The maximum Gasteiger partial charge on any atom is 0.290 e. The second kappa shape index (κ2) is 1.89. The first-order valence-corrected chi connectivity index (χ1v) is 2.19. The first kappa shape index (κ1) is 5.81. The molecule has 0 unspecified atom stereocenters. The zero-order chi connectivity index (χ0) is 6.85. The van der Waals surface area contributed by atoms with Crippen LogP contribution in [0.25, 0.3) is 0 Å². The van der Waals surface area contributed by atoms with Crippen molar-refractivity contribution in [2.24, 2.45) is 0 Å². The van der Waals surface area contributed by atoms with Crippen LogP contribution in [0.4, 0.5) is 4.39 Å². The van der Waals surface area contributed by atoms with Gasteiger partial charge in [-0.15, -0.1) is 0 Å². The Labute approximate surface area is 49.8 Å². The van der Waals surface area contributed by atoms with Gasteiger partial charge >= 0.3 is 0 Å². The summed E-state index contributed by atoms with van der Waals surface area (Å²) in [6, 6.07) is 1.78. The fourth-order valence-corrected chi connectivity index (χ4v) is 0.403. The van der Waals surface area contributed by atoms with Crippen molar-refractivity contribution in [2.45, 2.75) is 0 Å². The number of aromatic amines is 1. The van der Waals surface area contributed by atoms with Crippen molar-refractivity contribution >= 4 is 0 Å². The van der Waals surface area contributed by atoms with Gasteiger partial charge in [-0.2, -0.15) is 0 Å². The lowest BCUT2D eigenvalue weighted by atomic mass is 10.4. The van der Waals surface area contributed by atoms with E-state index < -0.39 is 17.1 Å². The normalized spacial score (nSPS) is 9.44. The SMILES string of the molecule is O=c1[nH]cc(F)[c]c1O. The predicted octanol–water partition coefficient (Wildman–Crippen LogP) is 0.0198. The molecule has 1 rings (SSSR count). The number of hydrogen-bond acceptors (Lipinski definition) is 2. The molecule has 4 heteroatoms. The maximum absolute atomic E-state index is 12.0. The Morgan fingerprint density at radius 2 is 2.44 bits per heavy atom. The minimum absolute atomic E-state index is 0.727. The van der Waals surface area contributed by atoms with Crippen LogP contribution >= 0.6 is 0 Å². The summed E-state index contributed by atoms with van der Waals surface area (Å²) in [5, 5.41) is 8.46. The summed E-state index contributed by atoms with van der Waals surface area (Å²) in [5.41, 5.74) is -0.739. The summed E-state index contributed by atoms with van der Waals surface area (Å²) in [4.78, 5) is 12.2. The minimum Gasteiger partial charge on any atom is -0.503 e. The second-order valence-electron chi connectivity index (χ2n) is 1.44. The van der Waals surface area contributed by atoms with Gasteiger partial charge < -0.3 is 10.1 Å².